The molecule has 1 aliphatic heterocycles. The Morgan fingerprint density at radius 2 is 2.16 bits per heavy atom. The van der Waals surface area contributed by atoms with Gasteiger partial charge in [-0.15, -0.1) is 0 Å². The van der Waals surface area contributed by atoms with Crippen LogP contribution in [0.2, 0.25) is 0 Å². The first kappa shape index (κ1) is 13.7. The molecular weight excluding hydrogens is 242 g/mol. The quantitative estimate of drug-likeness (QED) is 0.731. The number of nitrogens with two attached hydrogens (primary N) is 1. The highest BCUT2D eigenvalue weighted by atomic mass is 16.5. The molecule has 2 amide bonds. The number of hydrogen-bond donors (Lipinski definition) is 3. The van der Waals surface area contributed by atoms with Crippen molar-refractivity contribution in [3.63, 3.8) is 0 Å². The van der Waals surface area contributed by atoms with E-state index in [-0.39, 0.29) is 6.03 Å². The molecule has 5 heteroatoms. The monoisotopic (exact) mass is 263 g/mol. The maximum Gasteiger partial charge on any atom is 0.319 e. The summed E-state index contributed by atoms with van der Waals surface area (Å²) >= 11 is 0. The van der Waals surface area contributed by atoms with Gasteiger partial charge in [-0.2, -0.15) is 0 Å². The zero-order valence-corrected chi connectivity index (χ0v) is 11.2. The van der Waals surface area contributed by atoms with Gasteiger partial charge < -0.3 is 21.1 Å². The number of anilines is 2. The van der Waals surface area contributed by atoms with Crippen LogP contribution in [0.4, 0.5) is 16.2 Å². The highest BCUT2D eigenvalue weighted by Crippen LogP contribution is 2.19. The first-order valence-corrected chi connectivity index (χ1v) is 6.64. The van der Waals surface area contributed by atoms with Crippen LogP contribution in [0.15, 0.2) is 18.2 Å². The molecule has 1 aromatic carbocycles. The lowest BCUT2D eigenvalue weighted by Gasteiger charge is -2.22. The number of nitrogens with one attached hydrogen (secondary N) is 2. The molecule has 0 atom stereocenters. The SMILES string of the molecule is Cc1ccc(N)c(NC(=O)NCC2CCOCC2)c1. The van der Waals surface area contributed by atoms with Gasteiger partial charge in [-0.3, -0.25) is 0 Å². The lowest BCUT2D eigenvalue weighted by molar-refractivity contribution is 0.0671. The van der Waals surface area contributed by atoms with E-state index in [0.717, 1.165) is 31.6 Å². The molecule has 1 heterocycles. The van der Waals surface area contributed by atoms with Crippen LogP contribution in [-0.2, 0) is 4.74 Å². The molecule has 0 unspecified atom stereocenters. The molecule has 5 nitrogen and oxygen atoms in total. The summed E-state index contributed by atoms with van der Waals surface area (Å²) in [4.78, 5) is 11.8. The molecule has 0 spiro atoms. The van der Waals surface area contributed by atoms with Crippen molar-refractivity contribution in [3.05, 3.63) is 23.8 Å². The van der Waals surface area contributed by atoms with Crippen LogP contribution >= 0.6 is 0 Å². The van der Waals surface area contributed by atoms with Gasteiger partial charge in [0.05, 0.1) is 11.4 Å². The Kier molecular flexibility index (Phi) is 4.63. The van der Waals surface area contributed by atoms with Crippen LogP contribution in [0.3, 0.4) is 0 Å². The van der Waals surface area contributed by atoms with E-state index in [1.165, 1.54) is 0 Å². The smallest absolute Gasteiger partial charge is 0.319 e. The van der Waals surface area contributed by atoms with Crippen LogP contribution in [0.25, 0.3) is 0 Å². The summed E-state index contributed by atoms with van der Waals surface area (Å²) in [7, 11) is 0. The first-order chi connectivity index (χ1) is 9.15. The minimum Gasteiger partial charge on any atom is -0.397 e. The molecule has 1 saturated heterocycles. The summed E-state index contributed by atoms with van der Waals surface area (Å²) in [6.07, 6.45) is 2.01. The topological polar surface area (TPSA) is 76.4 Å². The number of hydrogen-bond acceptors (Lipinski definition) is 3. The van der Waals surface area contributed by atoms with Gasteiger partial charge in [0.1, 0.15) is 0 Å². The third-order valence-electron chi connectivity index (χ3n) is 3.35. The Balaban J connectivity index is 1.81. The minimum absolute atomic E-state index is 0.205. The molecule has 1 aliphatic rings. The van der Waals surface area contributed by atoms with Crippen molar-refractivity contribution >= 4 is 17.4 Å². The highest BCUT2D eigenvalue weighted by Gasteiger charge is 2.14. The third-order valence-corrected chi connectivity index (χ3v) is 3.35. The van der Waals surface area contributed by atoms with E-state index in [9.17, 15) is 4.79 Å². The van der Waals surface area contributed by atoms with Crippen molar-refractivity contribution in [2.75, 3.05) is 30.8 Å². The van der Waals surface area contributed by atoms with Gasteiger partial charge in [-0.25, -0.2) is 4.79 Å². The minimum atomic E-state index is -0.205. The fourth-order valence-electron chi connectivity index (χ4n) is 2.13. The Bertz CT molecular complexity index is 442. The molecule has 1 aromatic rings. The standard InChI is InChI=1S/C14H21N3O2/c1-10-2-3-12(15)13(8-10)17-14(18)16-9-11-4-6-19-7-5-11/h2-3,8,11H,4-7,9,15H2,1H3,(H2,16,17,18). The Morgan fingerprint density at radius 1 is 1.42 bits per heavy atom. The van der Waals surface area contributed by atoms with Gasteiger partial charge in [-0.05, 0) is 43.4 Å². The number of carbonyl (C=O) groups excluding carboxylic acids is 1. The number of rotatable bonds is 3. The Labute approximate surface area is 113 Å². The molecular formula is C14H21N3O2. The van der Waals surface area contributed by atoms with Crippen molar-refractivity contribution in [3.8, 4) is 0 Å². The summed E-state index contributed by atoms with van der Waals surface area (Å²) in [5.41, 5.74) is 8.11. The molecule has 1 fully saturated rings. The van der Waals surface area contributed by atoms with Gasteiger partial charge >= 0.3 is 6.03 Å². The van der Waals surface area contributed by atoms with Gasteiger partial charge in [0.25, 0.3) is 0 Å². The van der Waals surface area contributed by atoms with E-state index < -0.39 is 0 Å². The number of benzene rings is 1. The summed E-state index contributed by atoms with van der Waals surface area (Å²) in [6.45, 7) is 4.23. The normalized spacial score (nSPS) is 16.1. The Morgan fingerprint density at radius 3 is 2.89 bits per heavy atom. The molecule has 4 N–H and O–H groups in total. The predicted octanol–water partition coefficient (Wildman–Crippen LogP) is 2.13. The third kappa shape index (κ3) is 4.13. The van der Waals surface area contributed by atoms with Crippen molar-refractivity contribution in [2.24, 2.45) is 5.92 Å². The average molecular weight is 263 g/mol. The summed E-state index contributed by atoms with van der Waals surface area (Å²) in [5.74, 6) is 0.509. The second-order valence-electron chi connectivity index (χ2n) is 4.98. The first-order valence-electron chi connectivity index (χ1n) is 6.64. The number of urea groups is 1. The molecule has 2 rings (SSSR count). The lowest BCUT2D eigenvalue weighted by Crippen LogP contribution is -2.35. The highest BCUT2D eigenvalue weighted by molar-refractivity contribution is 5.92. The summed E-state index contributed by atoms with van der Waals surface area (Å²) in [6, 6.07) is 5.37. The van der Waals surface area contributed by atoms with Gasteiger partial charge in [0.2, 0.25) is 0 Å². The lowest BCUT2D eigenvalue weighted by atomic mass is 10.0. The van der Waals surface area contributed by atoms with Crippen molar-refractivity contribution in [1.82, 2.24) is 5.32 Å². The average Bonchev–Trinajstić information content (AvgIpc) is 2.42. The molecule has 0 bridgehead atoms. The van der Waals surface area contributed by atoms with Crippen molar-refractivity contribution in [1.29, 1.82) is 0 Å². The van der Waals surface area contributed by atoms with Crippen LogP contribution in [0, 0.1) is 12.8 Å². The fourth-order valence-corrected chi connectivity index (χ4v) is 2.13. The molecule has 19 heavy (non-hydrogen) atoms. The van der Waals surface area contributed by atoms with Gasteiger partial charge in [0.15, 0.2) is 0 Å². The van der Waals surface area contributed by atoms with E-state index in [2.05, 4.69) is 10.6 Å². The number of amides is 2. The predicted molar refractivity (Wildman–Crippen MR) is 76.2 cm³/mol. The maximum absolute atomic E-state index is 11.8. The zero-order chi connectivity index (χ0) is 13.7. The maximum atomic E-state index is 11.8. The molecule has 104 valence electrons. The van der Waals surface area contributed by atoms with Crippen LogP contribution < -0.4 is 16.4 Å². The molecule has 0 aromatic heterocycles. The zero-order valence-electron chi connectivity index (χ0n) is 11.2. The largest absolute Gasteiger partial charge is 0.397 e. The van der Waals surface area contributed by atoms with E-state index in [0.29, 0.717) is 23.8 Å². The molecule has 0 aliphatic carbocycles. The molecule has 0 saturated carbocycles. The number of ether oxygens (including phenoxy) is 1. The fraction of sp³-hybridized carbons (Fsp3) is 0.500. The van der Waals surface area contributed by atoms with E-state index >= 15 is 0 Å². The summed E-state index contributed by atoms with van der Waals surface area (Å²) < 4.78 is 5.29. The van der Waals surface area contributed by atoms with Crippen molar-refractivity contribution < 1.29 is 9.53 Å². The Hall–Kier alpha value is -1.75. The van der Waals surface area contributed by atoms with Crippen molar-refractivity contribution in [2.45, 2.75) is 19.8 Å². The van der Waals surface area contributed by atoms with Crippen LogP contribution in [0.1, 0.15) is 18.4 Å². The number of nitrogen functional groups attached to an aromatic ring is 1. The molecule has 0 radical (unpaired) electrons. The number of carbonyl (C=O) groups is 1. The summed E-state index contributed by atoms with van der Waals surface area (Å²) in [5, 5.41) is 5.67. The van der Waals surface area contributed by atoms with Gasteiger partial charge in [-0.1, -0.05) is 6.07 Å². The van der Waals surface area contributed by atoms with Gasteiger partial charge in [0, 0.05) is 19.8 Å². The second kappa shape index (κ2) is 6.43. The van der Waals surface area contributed by atoms with E-state index in [1.807, 2.05) is 19.1 Å². The number of aryl methyl sites for hydroxylation is 1. The second-order valence-corrected chi connectivity index (χ2v) is 4.98. The van der Waals surface area contributed by atoms with Crippen LogP contribution in [0.5, 0.6) is 0 Å². The van der Waals surface area contributed by atoms with E-state index in [4.69, 9.17) is 10.5 Å². The van der Waals surface area contributed by atoms with E-state index in [1.54, 1.807) is 6.07 Å². The van der Waals surface area contributed by atoms with Crippen LogP contribution in [-0.4, -0.2) is 25.8 Å².